The van der Waals surface area contributed by atoms with Gasteiger partial charge in [-0.3, -0.25) is 0 Å². The summed E-state index contributed by atoms with van der Waals surface area (Å²) >= 11 is 0. The van der Waals surface area contributed by atoms with Gasteiger partial charge in [0, 0.05) is 25.8 Å². The number of hydrogen-bond donors (Lipinski definition) is 3. The molecule has 0 bridgehead atoms. The van der Waals surface area contributed by atoms with E-state index in [1.165, 1.54) is 18.2 Å². The zero-order valence-corrected chi connectivity index (χ0v) is 18.6. The van der Waals surface area contributed by atoms with Gasteiger partial charge in [-0.25, -0.2) is 22.8 Å². The molecule has 7 nitrogen and oxygen atoms in total. The number of nitrogens with zero attached hydrogens (tertiary/aromatic N) is 2. The smallest absolute Gasteiger partial charge is 0.191 e. The van der Waals surface area contributed by atoms with Gasteiger partial charge in [0.2, 0.25) is 0 Å². The number of nitrogens with one attached hydrogen (secondary N) is 3. The third kappa shape index (κ3) is 7.06. The van der Waals surface area contributed by atoms with E-state index < -0.39 is 15.7 Å². The highest BCUT2D eigenvalue weighted by Crippen LogP contribution is 2.16. The van der Waals surface area contributed by atoms with Crippen molar-refractivity contribution in [3.63, 3.8) is 0 Å². The number of H-pyrrole nitrogens is 1. The van der Waals surface area contributed by atoms with Crippen LogP contribution in [0.25, 0.3) is 11.0 Å². The van der Waals surface area contributed by atoms with Crippen LogP contribution in [0.15, 0.2) is 47.5 Å². The van der Waals surface area contributed by atoms with Crippen LogP contribution >= 0.6 is 0 Å². The minimum Gasteiger partial charge on any atom is -0.357 e. The van der Waals surface area contributed by atoms with Gasteiger partial charge < -0.3 is 15.6 Å². The lowest BCUT2D eigenvalue weighted by molar-refractivity contribution is 0.600. The molecule has 166 valence electrons. The number of hydrogen-bond acceptors (Lipinski definition) is 4. The largest absolute Gasteiger partial charge is 0.357 e. The van der Waals surface area contributed by atoms with E-state index in [-0.39, 0.29) is 12.3 Å². The SMILES string of the molecule is CCNC(=NCc1cc(F)ccc1CS(C)(=O)=O)NCCCc1nc2ccccc2[nH]1. The monoisotopic (exact) mass is 445 g/mol. The molecule has 0 radical (unpaired) electrons. The maximum atomic E-state index is 13.7. The van der Waals surface area contributed by atoms with Crippen LogP contribution in [0.5, 0.6) is 0 Å². The lowest BCUT2D eigenvalue weighted by Gasteiger charge is -2.12. The summed E-state index contributed by atoms with van der Waals surface area (Å²) in [6.45, 7) is 3.50. The lowest BCUT2D eigenvalue weighted by Crippen LogP contribution is -2.37. The summed E-state index contributed by atoms with van der Waals surface area (Å²) in [6, 6.07) is 12.1. The fourth-order valence-corrected chi connectivity index (χ4v) is 4.10. The Morgan fingerprint density at radius 1 is 1.16 bits per heavy atom. The number of guanidine groups is 1. The summed E-state index contributed by atoms with van der Waals surface area (Å²) in [5.74, 6) is 0.989. The number of aliphatic imine (C=N–C) groups is 1. The Morgan fingerprint density at radius 3 is 2.71 bits per heavy atom. The third-order valence-corrected chi connectivity index (χ3v) is 5.49. The lowest BCUT2D eigenvalue weighted by atomic mass is 10.1. The zero-order valence-electron chi connectivity index (χ0n) is 17.8. The number of sulfone groups is 1. The molecule has 9 heteroatoms. The van der Waals surface area contributed by atoms with Crippen molar-refractivity contribution in [3.8, 4) is 0 Å². The first kappa shape index (κ1) is 22.7. The molecule has 2 aromatic carbocycles. The Morgan fingerprint density at radius 2 is 1.97 bits per heavy atom. The Kier molecular flexibility index (Phi) is 7.62. The average Bonchev–Trinajstić information content (AvgIpc) is 3.13. The Balaban J connectivity index is 1.59. The number of aryl methyl sites for hydroxylation is 1. The summed E-state index contributed by atoms with van der Waals surface area (Å²) in [5.41, 5.74) is 3.11. The van der Waals surface area contributed by atoms with E-state index >= 15 is 0 Å². The highest BCUT2D eigenvalue weighted by atomic mass is 32.2. The second kappa shape index (κ2) is 10.4. The van der Waals surface area contributed by atoms with Crippen molar-refractivity contribution in [2.75, 3.05) is 19.3 Å². The Labute approximate surface area is 182 Å². The molecule has 31 heavy (non-hydrogen) atoms. The van der Waals surface area contributed by atoms with Crippen molar-refractivity contribution >= 4 is 26.8 Å². The average molecular weight is 446 g/mol. The van der Waals surface area contributed by atoms with Crippen LogP contribution in [0, 0.1) is 5.82 Å². The third-order valence-electron chi connectivity index (χ3n) is 4.66. The van der Waals surface area contributed by atoms with Crippen molar-refractivity contribution in [2.24, 2.45) is 4.99 Å². The first-order valence-electron chi connectivity index (χ1n) is 10.2. The van der Waals surface area contributed by atoms with E-state index in [1.54, 1.807) is 0 Å². The van der Waals surface area contributed by atoms with Gasteiger partial charge in [0.15, 0.2) is 15.8 Å². The van der Waals surface area contributed by atoms with Gasteiger partial charge in [0.1, 0.15) is 11.6 Å². The number of benzene rings is 2. The van der Waals surface area contributed by atoms with Crippen LogP contribution in [-0.2, 0) is 28.6 Å². The molecular formula is C22H28FN5O2S. The number of rotatable bonds is 9. The molecular weight excluding hydrogens is 417 g/mol. The normalized spacial score (nSPS) is 12.3. The molecule has 3 aromatic rings. The van der Waals surface area contributed by atoms with Crippen LogP contribution in [0.1, 0.15) is 30.3 Å². The minimum absolute atomic E-state index is 0.139. The molecule has 0 aliphatic carbocycles. The molecule has 3 rings (SSSR count). The van der Waals surface area contributed by atoms with Gasteiger partial charge in [0.05, 0.1) is 23.3 Å². The van der Waals surface area contributed by atoms with Crippen molar-refractivity contribution < 1.29 is 12.8 Å². The molecule has 1 heterocycles. The van der Waals surface area contributed by atoms with Crippen LogP contribution < -0.4 is 10.6 Å². The molecule has 0 aliphatic heterocycles. The highest BCUT2D eigenvalue weighted by molar-refractivity contribution is 7.89. The predicted molar refractivity (Wildman–Crippen MR) is 122 cm³/mol. The van der Waals surface area contributed by atoms with Crippen LogP contribution in [0.4, 0.5) is 4.39 Å². The fraction of sp³-hybridized carbons (Fsp3) is 0.364. The number of fused-ring (bicyclic) bond motifs is 1. The van der Waals surface area contributed by atoms with Crippen molar-refractivity contribution in [3.05, 3.63) is 65.2 Å². The van der Waals surface area contributed by atoms with Crippen molar-refractivity contribution in [2.45, 2.75) is 32.1 Å². The van der Waals surface area contributed by atoms with Crippen molar-refractivity contribution in [1.82, 2.24) is 20.6 Å². The maximum absolute atomic E-state index is 13.7. The van der Waals surface area contributed by atoms with E-state index in [0.29, 0.717) is 30.2 Å². The van der Waals surface area contributed by atoms with E-state index in [0.717, 1.165) is 36.0 Å². The van der Waals surface area contributed by atoms with Crippen LogP contribution in [0.3, 0.4) is 0 Å². The van der Waals surface area contributed by atoms with Gasteiger partial charge in [0.25, 0.3) is 0 Å². The fourth-order valence-electron chi connectivity index (χ4n) is 3.26. The molecule has 3 N–H and O–H groups in total. The van der Waals surface area contributed by atoms with E-state index in [4.69, 9.17) is 0 Å². The first-order valence-corrected chi connectivity index (χ1v) is 12.3. The van der Waals surface area contributed by atoms with E-state index in [9.17, 15) is 12.8 Å². The molecule has 0 fully saturated rings. The minimum atomic E-state index is -3.23. The standard InChI is InChI=1S/C22H28FN5O2S/c1-3-24-22(25-12-6-9-21-27-19-7-4-5-8-20(19)28-21)26-14-17-13-18(23)11-10-16(17)15-31(2,29)30/h4-5,7-8,10-11,13H,3,6,9,12,14-15H2,1-2H3,(H,27,28)(H2,24,25,26). The second-order valence-electron chi connectivity index (χ2n) is 7.41. The number of imidazole rings is 1. The molecule has 1 aromatic heterocycles. The summed E-state index contributed by atoms with van der Waals surface area (Å²) in [6.07, 6.45) is 2.81. The molecule has 0 unspecified atom stereocenters. The number of halogens is 1. The zero-order chi connectivity index (χ0) is 22.3. The van der Waals surface area contributed by atoms with Gasteiger partial charge in [-0.2, -0.15) is 0 Å². The number of para-hydroxylation sites is 2. The predicted octanol–water partition coefficient (Wildman–Crippen LogP) is 2.93. The van der Waals surface area contributed by atoms with Gasteiger partial charge in [-0.05, 0) is 48.7 Å². The Hall–Kier alpha value is -2.94. The van der Waals surface area contributed by atoms with Gasteiger partial charge in [-0.1, -0.05) is 18.2 Å². The number of aromatic amines is 1. The summed E-state index contributed by atoms with van der Waals surface area (Å²) in [5, 5.41) is 6.42. The second-order valence-corrected chi connectivity index (χ2v) is 9.55. The van der Waals surface area contributed by atoms with Crippen LogP contribution in [-0.4, -0.2) is 43.7 Å². The summed E-state index contributed by atoms with van der Waals surface area (Å²) < 4.78 is 37.0. The number of aromatic nitrogens is 2. The van der Waals surface area contributed by atoms with Crippen LogP contribution in [0.2, 0.25) is 0 Å². The molecule has 0 atom stereocenters. The molecule has 0 saturated carbocycles. The first-order chi connectivity index (χ1) is 14.8. The van der Waals surface area contributed by atoms with Crippen molar-refractivity contribution in [1.29, 1.82) is 0 Å². The van der Waals surface area contributed by atoms with Gasteiger partial charge >= 0.3 is 0 Å². The molecule has 0 saturated heterocycles. The van der Waals surface area contributed by atoms with E-state index in [2.05, 4.69) is 25.6 Å². The maximum Gasteiger partial charge on any atom is 0.191 e. The van der Waals surface area contributed by atoms with E-state index in [1.807, 2.05) is 31.2 Å². The summed E-state index contributed by atoms with van der Waals surface area (Å²) in [4.78, 5) is 12.4. The molecule has 0 aliphatic rings. The Bertz CT molecular complexity index is 1120. The molecule has 0 spiro atoms. The summed E-state index contributed by atoms with van der Waals surface area (Å²) in [7, 11) is -3.23. The topological polar surface area (TPSA) is 99.2 Å². The quantitative estimate of drug-likeness (QED) is 0.267. The highest BCUT2D eigenvalue weighted by Gasteiger charge is 2.11. The van der Waals surface area contributed by atoms with Gasteiger partial charge in [-0.15, -0.1) is 0 Å². The molecule has 0 amide bonds.